The minimum absolute atomic E-state index is 0.191. The van der Waals surface area contributed by atoms with Gasteiger partial charge < -0.3 is 9.47 Å². The molecule has 7 heteroatoms. The third-order valence-corrected chi connectivity index (χ3v) is 5.43. The van der Waals surface area contributed by atoms with Crippen molar-refractivity contribution < 1.29 is 28.2 Å². The van der Waals surface area contributed by atoms with Crippen molar-refractivity contribution in [1.82, 2.24) is 5.32 Å². The van der Waals surface area contributed by atoms with Crippen LogP contribution in [0.25, 0.3) is 11.6 Å². The highest BCUT2D eigenvalue weighted by Crippen LogP contribution is 2.21. The summed E-state index contributed by atoms with van der Waals surface area (Å²) in [5.41, 5.74) is 2.31. The van der Waals surface area contributed by atoms with E-state index in [-0.39, 0.29) is 11.6 Å². The van der Waals surface area contributed by atoms with Gasteiger partial charge in [-0.1, -0.05) is 30.3 Å². The zero-order valence-corrected chi connectivity index (χ0v) is 19.4. The standard InChI is InChI=1S/C29H24FNO5/c30-23-10-6-22(7-11-23)27(32)16-5-20-3-12-24(13-4-20)35-17-1-2-18-36-25-14-8-21(9-15-25)26-19-28(33)31-29(26)34/h3-16,19H,1-2,17-18H2,(H,31,33,34). The molecule has 0 saturated carbocycles. The maximum Gasteiger partial charge on any atom is 0.258 e. The molecule has 0 saturated heterocycles. The number of amides is 2. The normalized spacial score (nSPS) is 13.0. The number of rotatable bonds is 11. The summed E-state index contributed by atoms with van der Waals surface area (Å²) in [6.07, 6.45) is 6.06. The number of ketones is 1. The van der Waals surface area contributed by atoms with Crippen LogP contribution < -0.4 is 14.8 Å². The molecular formula is C29H24FNO5. The molecule has 4 rings (SSSR count). The summed E-state index contributed by atoms with van der Waals surface area (Å²) in [7, 11) is 0. The number of hydrogen-bond acceptors (Lipinski definition) is 5. The second kappa shape index (κ2) is 11.8. The number of halogens is 1. The molecule has 0 fully saturated rings. The van der Waals surface area contributed by atoms with Crippen molar-refractivity contribution in [1.29, 1.82) is 0 Å². The van der Waals surface area contributed by atoms with Gasteiger partial charge in [0.2, 0.25) is 0 Å². The Morgan fingerprint density at radius 1 is 0.806 bits per heavy atom. The van der Waals surface area contributed by atoms with E-state index in [4.69, 9.17) is 9.47 Å². The van der Waals surface area contributed by atoms with Crippen LogP contribution in [0.5, 0.6) is 11.5 Å². The van der Waals surface area contributed by atoms with E-state index >= 15 is 0 Å². The lowest BCUT2D eigenvalue weighted by Crippen LogP contribution is -2.21. The van der Waals surface area contributed by atoms with Gasteiger partial charge in [-0.25, -0.2) is 4.39 Å². The summed E-state index contributed by atoms with van der Waals surface area (Å²) >= 11 is 0. The number of ether oxygens (including phenoxy) is 2. The first kappa shape index (κ1) is 24.6. The fraction of sp³-hybridized carbons (Fsp3) is 0.138. The van der Waals surface area contributed by atoms with Crippen LogP contribution >= 0.6 is 0 Å². The van der Waals surface area contributed by atoms with E-state index in [0.717, 1.165) is 24.2 Å². The van der Waals surface area contributed by atoms with Crippen molar-refractivity contribution in [3.05, 3.63) is 107 Å². The summed E-state index contributed by atoms with van der Waals surface area (Å²) in [5.74, 6) is 0.0589. The SMILES string of the molecule is O=C1C=C(c2ccc(OCCCCOc3ccc(C=CC(=O)c4ccc(F)cc4)cc3)cc2)C(=O)N1. The molecule has 3 aromatic rings. The lowest BCUT2D eigenvalue weighted by atomic mass is 10.1. The molecule has 2 amide bonds. The lowest BCUT2D eigenvalue weighted by molar-refractivity contribution is -0.123. The zero-order valence-electron chi connectivity index (χ0n) is 19.4. The molecule has 0 aliphatic carbocycles. The predicted octanol–water partition coefficient (Wildman–Crippen LogP) is 5.00. The van der Waals surface area contributed by atoms with Crippen LogP contribution in [0.1, 0.15) is 34.3 Å². The van der Waals surface area contributed by atoms with Gasteiger partial charge >= 0.3 is 0 Å². The second-order valence-corrected chi connectivity index (χ2v) is 8.08. The van der Waals surface area contributed by atoms with Gasteiger partial charge in [0, 0.05) is 11.6 Å². The fourth-order valence-corrected chi connectivity index (χ4v) is 3.50. The molecule has 0 unspecified atom stereocenters. The number of imide groups is 1. The summed E-state index contributed by atoms with van der Waals surface area (Å²) < 4.78 is 24.5. The predicted molar refractivity (Wildman–Crippen MR) is 134 cm³/mol. The Balaban J connectivity index is 1.14. The quantitative estimate of drug-likeness (QED) is 0.179. The highest BCUT2D eigenvalue weighted by Gasteiger charge is 2.21. The number of unbranched alkanes of at least 4 members (excludes halogenated alkanes) is 1. The Morgan fingerprint density at radius 3 is 1.94 bits per heavy atom. The molecule has 3 aromatic carbocycles. The van der Waals surface area contributed by atoms with Crippen molar-refractivity contribution in [2.75, 3.05) is 13.2 Å². The van der Waals surface area contributed by atoms with E-state index in [1.807, 2.05) is 24.3 Å². The first-order chi connectivity index (χ1) is 17.5. The average Bonchev–Trinajstić information content (AvgIpc) is 3.23. The van der Waals surface area contributed by atoms with Crippen LogP contribution in [0.4, 0.5) is 4.39 Å². The van der Waals surface area contributed by atoms with Crippen LogP contribution in [0.15, 0.2) is 84.9 Å². The van der Waals surface area contributed by atoms with E-state index in [9.17, 15) is 18.8 Å². The maximum absolute atomic E-state index is 13.0. The average molecular weight is 486 g/mol. The number of carbonyl (C=O) groups is 3. The Bertz CT molecular complexity index is 1290. The molecule has 1 aliphatic rings. The number of carbonyl (C=O) groups excluding carboxylic acids is 3. The number of hydrogen-bond donors (Lipinski definition) is 1. The second-order valence-electron chi connectivity index (χ2n) is 8.08. The van der Waals surface area contributed by atoms with Gasteiger partial charge in [0.25, 0.3) is 11.8 Å². The molecule has 0 radical (unpaired) electrons. The van der Waals surface area contributed by atoms with Gasteiger partial charge in [-0.3, -0.25) is 19.7 Å². The van der Waals surface area contributed by atoms with E-state index in [2.05, 4.69) is 5.32 Å². The third-order valence-electron chi connectivity index (χ3n) is 5.43. The Kier molecular flexibility index (Phi) is 8.03. The molecule has 0 atom stereocenters. The first-order valence-electron chi connectivity index (χ1n) is 11.5. The maximum atomic E-state index is 13.0. The van der Waals surface area contributed by atoms with Crippen molar-refractivity contribution in [3.63, 3.8) is 0 Å². The summed E-state index contributed by atoms with van der Waals surface area (Å²) in [5, 5.41) is 2.23. The van der Waals surface area contributed by atoms with Crippen molar-refractivity contribution in [2.45, 2.75) is 12.8 Å². The van der Waals surface area contributed by atoms with Gasteiger partial charge in [-0.2, -0.15) is 0 Å². The first-order valence-corrected chi connectivity index (χ1v) is 11.5. The van der Waals surface area contributed by atoms with Gasteiger partial charge in [0.1, 0.15) is 17.3 Å². The molecule has 182 valence electrons. The highest BCUT2D eigenvalue weighted by atomic mass is 19.1. The van der Waals surface area contributed by atoms with Crippen LogP contribution in [-0.4, -0.2) is 30.8 Å². The topological polar surface area (TPSA) is 81.7 Å². The molecule has 1 N–H and O–H groups in total. The molecular weight excluding hydrogens is 461 g/mol. The van der Waals surface area contributed by atoms with Crippen LogP contribution in [0, 0.1) is 5.82 Å². The number of nitrogens with one attached hydrogen (secondary N) is 1. The van der Waals surface area contributed by atoms with E-state index in [1.165, 1.54) is 36.4 Å². The highest BCUT2D eigenvalue weighted by molar-refractivity contribution is 6.33. The van der Waals surface area contributed by atoms with Crippen LogP contribution in [0.3, 0.4) is 0 Å². The van der Waals surface area contributed by atoms with Gasteiger partial charge in [-0.05, 0) is 78.6 Å². The van der Waals surface area contributed by atoms with Crippen LogP contribution in [-0.2, 0) is 9.59 Å². The monoisotopic (exact) mass is 485 g/mol. The van der Waals surface area contributed by atoms with Gasteiger partial charge in [-0.15, -0.1) is 0 Å². The summed E-state index contributed by atoms with van der Waals surface area (Å²) in [6, 6.07) is 19.9. The molecule has 36 heavy (non-hydrogen) atoms. The molecule has 6 nitrogen and oxygen atoms in total. The molecule has 0 aromatic heterocycles. The Hall–Kier alpha value is -4.52. The fourth-order valence-electron chi connectivity index (χ4n) is 3.50. The summed E-state index contributed by atoms with van der Waals surface area (Å²) in [4.78, 5) is 35.1. The van der Waals surface area contributed by atoms with Crippen molar-refractivity contribution in [3.8, 4) is 11.5 Å². The van der Waals surface area contributed by atoms with Crippen molar-refractivity contribution in [2.24, 2.45) is 0 Å². The number of allylic oxidation sites excluding steroid dienone is 1. The van der Waals surface area contributed by atoms with Crippen molar-refractivity contribution >= 4 is 29.2 Å². The van der Waals surface area contributed by atoms with E-state index < -0.39 is 11.8 Å². The molecule has 0 bridgehead atoms. The van der Waals surface area contributed by atoms with E-state index in [0.29, 0.717) is 35.7 Å². The Morgan fingerprint density at radius 2 is 1.39 bits per heavy atom. The van der Waals surface area contributed by atoms with Gasteiger partial charge in [0.15, 0.2) is 5.78 Å². The minimum atomic E-state index is -0.402. The van der Waals surface area contributed by atoms with Crippen LogP contribution in [0.2, 0.25) is 0 Å². The molecule has 1 heterocycles. The zero-order chi connectivity index (χ0) is 25.3. The third kappa shape index (κ3) is 6.76. The summed E-state index contributed by atoms with van der Waals surface area (Å²) in [6.45, 7) is 1.06. The lowest BCUT2D eigenvalue weighted by Gasteiger charge is -2.09. The van der Waals surface area contributed by atoms with Gasteiger partial charge in [0.05, 0.1) is 18.8 Å². The molecule has 1 aliphatic heterocycles. The van der Waals surface area contributed by atoms with E-state index in [1.54, 1.807) is 30.3 Å². The minimum Gasteiger partial charge on any atom is -0.494 e. The largest absolute Gasteiger partial charge is 0.494 e. The molecule has 0 spiro atoms. The number of benzene rings is 3. The Labute approximate surface area is 208 Å². The smallest absolute Gasteiger partial charge is 0.258 e.